The Kier molecular flexibility index (Phi) is 2.37. The number of nitrogens with zero attached hydrogens (tertiary/aromatic N) is 1. The third-order valence-electron chi connectivity index (χ3n) is 3.95. The van der Waals surface area contributed by atoms with Gasteiger partial charge in [-0.2, -0.15) is 0 Å². The maximum Gasteiger partial charge on any atom is 0.0335 e. The van der Waals surface area contributed by atoms with E-state index in [-0.39, 0.29) is 0 Å². The Balaban J connectivity index is 1.99. The Hall–Kier alpha value is -0.0800. The van der Waals surface area contributed by atoms with Gasteiger partial charge in [0.15, 0.2) is 0 Å². The summed E-state index contributed by atoms with van der Waals surface area (Å²) in [6.45, 7) is 6.88. The van der Waals surface area contributed by atoms with Crippen molar-refractivity contribution in [3.63, 3.8) is 0 Å². The Morgan fingerprint density at radius 3 is 2.54 bits per heavy atom. The molecular formula is C11H22N2. The van der Waals surface area contributed by atoms with E-state index in [0.29, 0.717) is 5.54 Å². The van der Waals surface area contributed by atoms with Gasteiger partial charge in [0.05, 0.1) is 0 Å². The molecule has 1 saturated heterocycles. The van der Waals surface area contributed by atoms with Crippen LogP contribution in [-0.2, 0) is 0 Å². The van der Waals surface area contributed by atoms with E-state index in [1.165, 1.54) is 32.2 Å². The van der Waals surface area contributed by atoms with Crippen LogP contribution in [0.25, 0.3) is 0 Å². The SMILES string of the molecule is CC1CCN(C2(CN)CC2)C(C)C1. The van der Waals surface area contributed by atoms with Gasteiger partial charge in [-0.15, -0.1) is 0 Å². The minimum Gasteiger partial charge on any atom is -0.329 e. The number of likely N-dealkylation sites (tertiary alicyclic amines) is 1. The average Bonchev–Trinajstić information content (AvgIpc) is 2.85. The fourth-order valence-corrected chi connectivity index (χ4v) is 2.86. The highest BCUT2D eigenvalue weighted by atomic mass is 15.3. The van der Waals surface area contributed by atoms with Crippen LogP contribution in [0.5, 0.6) is 0 Å². The molecule has 0 amide bonds. The molecule has 2 unspecified atom stereocenters. The molecule has 1 heterocycles. The molecule has 0 aromatic carbocycles. The fraction of sp³-hybridized carbons (Fsp3) is 1.00. The van der Waals surface area contributed by atoms with Crippen LogP contribution in [0.1, 0.15) is 39.5 Å². The van der Waals surface area contributed by atoms with E-state index in [1.807, 2.05) is 0 Å². The van der Waals surface area contributed by atoms with E-state index in [4.69, 9.17) is 5.73 Å². The second kappa shape index (κ2) is 3.25. The third-order valence-corrected chi connectivity index (χ3v) is 3.95. The minimum atomic E-state index is 0.430. The molecule has 0 radical (unpaired) electrons. The van der Waals surface area contributed by atoms with Gasteiger partial charge >= 0.3 is 0 Å². The lowest BCUT2D eigenvalue weighted by Crippen LogP contribution is -2.51. The predicted molar refractivity (Wildman–Crippen MR) is 55.6 cm³/mol. The molecule has 0 spiro atoms. The maximum absolute atomic E-state index is 5.85. The van der Waals surface area contributed by atoms with Crippen LogP contribution in [0.15, 0.2) is 0 Å². The first-order valence-corrected chi connectivity index (χ1v) is 5.65. The van der Waals surface area contributed by atoms with Crippen molar-refractivity contribution in [2.24, 2.45) is 11.7 Å². The Bertz CT molecular complexity index is 187. The molecular weight excluding hydrogens is 160 g/mol. The minimum absolute atomic E-state index is 0.430. The van der Waals surface area contributed by atoms with Crippen LogP contribution in [0.2, 0.25) is 0 Å². The summed E-state index contributed by atoms with van der Waals surface area (Å²) in [7, 11) is 0. The molecule has 0 aromatic heterocycles. The zero-order valence-electron chi connectivity index (χ0n) is 8.92. The van der Waals surface area contributed by atoms with Gasteiger partial charge in [-0.05, 0) is 45.1 Å². The number of hydrogen-bond acceptors (Lipinski definition) is 2. The molecule has 2 atom stereocenters. The van der Waals surface area contributed by atoms with Crippen molar-refractivity contribution >= 4 is 0 Å². The number of rotatable bonds is 2. The van der Waals surface area contributed by atoms with Gasteiger partial charge in [0.25, 0.3) is 0 Å². The topological polar surface area (TPSA) is 29.3 Å². The van der Waals surface area contributed by atoms with Gasteiger partial charge in [-0.1, -0.05) is 6.92 Å². The van der Waals surface area contributed by atoms with Crippen LogP contribution in [0.4, 0.5) is 0 Å². The molecule has 2 aliphatic rings. The molecule has 1 aliphatic heterocycles. The van der Waals surface area contributed by atoms with E-state index >= 15 is 0 Å². The first-order valence-electron chi connectivity index (χ1n) is 5.65. The van der Waals surface area contributed by atoms with E-state index in [9.17, 15) is 0 Å². The summed E-state index contributed by atoms with van der Waals surface area (Å²) in [4.78, 5) is 2.67. The first-order chi connectivity index (χ1) is 6.18. The molecule has 76 valence electrons. The van der Waals surface area contributed by atoms with Gasteiger partial charge in [0.2, 0.25) is 0 Å². The van der Waals surface area contributed by atoms with Crippen molar-refractivity contribution in [3.8, 4) is 0 Å². The summed E-state index contributed by atoms with van der Waals surface area (Å²) in [5, 5.41) is 0. The molecule has 2 fully saturated rings. The Morgan fingerprint density at radius 1 is 1.38 bits per heavy atom. The zero-order chi connectivity index (χ0) is 9.47. The predicted octanol–water partition coefficient (Wildman–Crippen LogP) is 1.60. The third kappa shape index (κ3) is 1.62. The largest absolute Gasteiger partial charge is 0.329 e. The Morgan fingerprint density at radius 2 is 2.08 bits per heavy atom. The van der Waals surface area contributed by atoms with Crippen molar-refractivity contribution < 1.29 is 0 Å². The highest BCUT2D eigenvalue weighted by Gasteiger charge is 2.49. The van der Waals surface area contributed by atoms with Crippen LogP contribution in [0.3, 0.4) is 0 Å². The summed E-state index contributed by atoms with van der Waals surface area (Å²) in [6.07, 6.45) is 5.40. The normalized spacial score (nSPS) is 39.0. The van der Waals surface area contributed by atoms with E-state index in [2.05, 4.69) is 18.7 Å². The van der Waals surface area contributed by atoms with Crippen molar-refractivity contribution in [3.05, 3.63) is 0 Å². The molecule has 2 rings (SSSR count). The highest BCUT2D eigenvalue weighted by molar-refractivity contribution is 5.06. The molecule has 13 heavy (non-hydrogen) atoms. The molecule has 1 saturated carbocycles. The van der Waals surface area contributed by atoms with Gasteiger partial charge in [-0.3, -0.25) is 4.90 Å². The zero-order valence-corrected chi connectivity index (χ0v) is 8.92. The van der Waals surface area contributed by atoms with E-state index < -0.39 is 0 Å². The smallest absolute Gasteiger partial charge is 0.0335 e. The van der Waals surface area contributed by atoms with Crippen molar-refractivity contribution in [2.75, 3.05) is 13.1 Å². The fourth-order valence-electron chi connectivity index (χ4n) is 2.86. The number of hydrogen-bond donors (Lipinski definition) is 1. The van der Waals surface area contributed by atoms with Gasteiger partial charge in [0, 0.05) is 18.1 Å². The Labute approximate surface area is 81.5 Å². The first kappa shape index (κ1) is 9.47. The van der Waals surface area contributed by atoms with Gasteiger partial charge in [-0.25, -0.2) is 0 Å². The van der Waals surface area contributed by atoms with Crippen molar-refractivity contribution in [2.45, 2.75) is 51.1 Å². The standard InChI is InChI=1S/C11H22N2/c1-9-3-6-13(10(2)7-9)11(8-12)4-5-11/h9-10H,3-8,12H2,1-2H3. The summed E-state index contributed by atoms with van der Waals surface area (Å²) in [6, 6.07) is 0.759. The lowest BCUT2D eigenvalue weighted by atomic mass is 9.91. The molecule has 0 aromatic rings. The summed E-state index contributed by atoms with van der Waals surface area (Å²) in [5.41, 5.74) is 6.28. The van der Waals surface area contributed by atoms with Crippen molar-refractivity contribution in [1.82, 2.24) is 4.90 Å². The molecule has 1 aliphatic carbocycles. The molecule has 2 nitrogen and oxygen atoms in total. The van der Waals surface area contributed by atoms with E-state index in [0.717, 1.165) is 18.5 Å². The van der Waals surface area contributed by atoms with Crippen LogP contribution in [0, 0.1) is 5.92 Å². The van der Waals surface area contributed by atoms with Crippen LogP contribution >= 0.6 is 0 Å². The monoisotopic (exact) mass is 182 g/mol. The van der Waals surface area contributed by atoms with Crippen LogP contribution < -0.4 is 5.73 Å². The summed E-state index contributed by atoms with van der Waals surface area (Å²) in [5.74, 6) is 0.917. The second-order valence-electron chi connectivity index (χ2n) is 5.10. The number of piperidine rings is 1. The van der Waals surface area contributed by atoms with Gasteiger partial charge < -0.3 is 5.73 Å². The molecule has 2 heteroatoms. The van der Waals surface area contributed by atoms with E-state index in [1.54, 1.807) is 0 Å². The summed E-state index contributed by atoms with van der Waals surface area (Å²) < 4.78 is 0. The average molecular weight is 182 g/mol. The van der Waals surface area contributed by atoms with Crippen molar-refractivity contribution in [1.29, 1.82) is 0 Å². The lowest BCUT2D eigenvalue weighted by Gasteiger charge is -2.42. The quantitative estimate of drug-likeness (QED) is 0.703. The lowest BCUT2D eigenvalue weighted by molar-refractivity contribution is 0.0720. The highest BCUT2D eigenvalue weighted by Crippen LogP contribution is 2.44. The van der Waals surface area contributed by atoms with Crippen LogP contribution in [-0.4, -0.2) is 29.6 Å². The van der Waals surface area contributed by atoms with Gasteiger partial charge in [0.1, 0.15) is 0 Å². The molecule has 0 bridgehead atoms. The molecule has 2 N–H and O–H groups in total. The second-order valence-corrected chi connectivity index (χ2v) is 5.10. The summed E-state index contributed by atoms with van der Waals surface area (Å²) >= 11 is 0. The number of nitrogens with two attached hydrogens (primary N) is 1. The maximum atomic E-state index is 5.85.